The van der Waals surface area contributed by atoms with Crippen LogP contribution >= 0.6 is 11.8 Å². The number of guanidine groups is 1. The first-order chi connectivity index (χ1) is 13.4. The highest BCUT2D eigenvalue weighted by atomic mass is 32.2. The molecular weight excluding hydrogens is 374 g/mol. The largest absolute Gasteiger partial charge is 0.370 e. The van der Waals surface area contributed by atoms with Crippen LogP contribution in [-0.4, -0.2) is 42.0 Å². The molecule has 0 saturated carbocycles. The van der Waals surface area contributed by atoms with Crippen LogP contribution in [0.1, 0.15) is 46.3 Å². The average Bonchev–Trinajstić information content (AvgIpc) is 2.63. The summed E-state index contributed by atoms with van der Waals surface area (Å²) in [5.74, 6) is 0.948. The highest BCUT2D eigenvalue weighted by Gasteiger charge is 2.19. The van der Waals surface area contributed by atoms with Crippen molar-refractivity contribution in [3.63, 3.8) is 0 Å². The van der Waals surface area contributed by atoms with E-state index in [1.54, 1.807) is 11.8 Å². The van der Waals surface area contributed by atoms with Gasteiger partial charge < -0.3 is 21.7 Å². The van der Waals surface area contributed by atoms with Crippen LogP contribution in [0.15, 0.2) is 23.2 Å². The molecular formula is C20H27N5O2S. The first kappa shape index (κ1) is 20.3. The van der Waals surface area contributed by atoms with E-state index in [0.717, 1.165) is 35.2 Å². The summed E-state index contributed by atoms with van der Waals surface area (Å²) in [7, 11) is 0. The third-order valence-corrected chi connectivity index (χ3v) is 5.80. The summed E-state index contributed by atoms with van der Waals surface area (Å²) in [6.07, 6.45) is 4.09. The fourth-order valence-corrected chi connectivity index (χ4v) is 4.26. The van der Waals surface area contributed by atoms with E-state index in [1.807, 2.05) is 32.1 Å². The van der Waals surface area contributed by atoms with Crippen molar-refractivity contribution in [2.75, 3.05) is 18.8 Å². The SMILES string of the molecule is Cc1cc(C)c2cc1C(=O)NCCCCNC(=O)CCSC1C=C2NC(N)=N1. The number of nitrogens with two attached hydrogens (primary N) is 1. The predicted octanol–water partition coefficient (Wildman–Crippen LogP) is 1.65. The fourth-order valence-electron chi connectivity index (χ4n) is 3.29. The normalized spacial score (nSPS) is 21.4. The Kier molecular flexibility index (Phi) is 6.61. The molecule has 1 aromatic carbocycles. The summed E-state index contributed by atoms with van der Waals surface area (Å²) >= 11 is 1.57. The van der Waals surface area contributed by atoms with Gasteiger partial charge in [0.25, 0.3) is 5.91 Å². The Labute approximate surface area is 169 Å². The minimum atomic E-state index is -0.169. The second-order valence-electron chi connectivity index (χ2n) is 7.03. The van der Waals surface area contributed by atoms with Crippen LogP contribution in [-0.2, 0) is 4.79 Å². The van der Waals surface area contributed by atoms with E-state index in [0.29, 0.717) is 36.8 Å². The number of aliphatic imine (C=N–C) groups is 1. The van der Waals surface area contributed by atoms with Crippen molar-refractivity contribution < 1.29 is 9.59 Å². The first-order valence-electron chi connectivity index (χ1n) is 9.54. The Morgan fingerprint density at radius 2 is 1.79 bits per heavy atom. The summed E-state index contributed by atoms with van der Waals surface area (Å²) < 4.78 is 0. The van der Waals surface area contributed by atoms with E-state index in [4.69, 9.17) is 5.73 Å². The van der Waals surface area contributed by atoms with Crippen LogP contribution in [0.3, 0.4) is 0 Å². The van der Waals surface area contributed by atoms with E-state index < -0.39 is 0 Å². The summed E-state index contributed by atoms with van der Waals surface area (Å²) in [4.78, 5) is 29.0. The zero-order chi connectivity index (χ0) is 20.1. The van der Waals surface area contributed by atoms with Crippen molar-refractivity contribution in [3.8, 4) is 0 Å². The molecule has 28 heavy (non-hydrogen) atoms. The van der Waals surface area contributed by atoms with Crippen LogP contribution in [0, 0.1) is 13.8 Å². The van der Waals surface area contributed by atoms with Gasteiger partial charge in [0, 0.05) is 42.1 Å². The van der Waals surface area contributed by atoms with E-state index >= 15 is 0 Å². The highest BCUT2D eigenvalue weighted by Crippen LogP contribution is 2.27. The maximum Gasteiger partial charge on any atom is 0.251 e. The molecule has 7 nitrogen and oxygen atoms in total. The number of carbonyl (C=O) groups is 2. The molecule has 0 saturated heterocycles. The molecule has 0 spiro atoms. The van der Waals surface area contributed by atoms with Gasteiger partial charge in [-0.25, -0.2) is 4.99 Å². The fraction of sp³-hybridized carbons (Fsp3) is 0.450. The molecule has 2 heterocycles. The monoisotopic (exact) mass is 401 g/mol. The van der Waals surface area contributed by atoms with E-state index in [9.17, 15) is 9.59 Å². The van der Waals surface area contributed by atoms with Crippen molar-refractivity contribution in [1.29, 1.82) is 0 Å². The van der Waals surface area contributed by atoms with Gasteiger partial charge in [-0.2, -0.15) is 0 Å². The van der Waals surface area contributed by atoms with Crippen LogP contribution < -0.4 is 21.7 Å². The molecule has 0 aromatic heterocycles. The number of aryl methyl sites for hydroxylation is 2. The van der Waals surface area contributed by atoms with Crippen LogP contribution in [0.5, 0.6) is 0 Å². The maximum atomic E-state index is 12.7. The molecule has 1 atom stereocenters. The topological polar surface area (TPSA) is 109 Å². The van der Waals surface area contributed by atoms with Gasteiger partial charge in [0.15, 0.2) is 5.96 Å². The van der Waals surface area contributed by atoms with Gasteiger partial charge in [0.05, 0.1) is 0 Å². The minimum Gasteiger partial charge on any atom is -0.370 e. The third-order valence-electron chi connectivity index (χ3n) is 4.77. The molecule has 3 rings (SSSR count). The quantitative estimate of drug-likeness (QED) is 0.529. The molecule has 0 aliphatic carbocycles. The van der Waals surface area contributed by atoms with Crippen molar-refractivity contribution in [1.82, 2.24) is 16.0 Å². The molecule has 8 heteroatoms. The van der Waals surface area contributed by atoms with Crippen molar-refractivity contribution in [2.45, 2.75) is 38.5 Å². The highest BCUT2D eigenvalue weighted by molar-refractivity contribution is 8.00. The summed E-state index contributed by atoms with van der Waals surface area (Å²) in [6, 6.07) is 3.94. The van der Waals surface area contributed by atoms with Crippen LogP contribution in [0.25, 0.3) is 5.70 Å². The lowest BCUT2D eigenvalue weighted by atomic mass is 9.97. The number of amides is 2. The lowest BCUT2D eigenvalue weighted by molar-refractivity contribution is -0.120. The van der Waals surface area contributed by atoms with Gasteiger partial charge in [-0.05, 0) is 50.0 Å². The predicted molar refractivity (Wildman–Crippen MR) is 114 cm³/mol. The van der Waals surface area contributed by atoms with E-state index in [2.05, 4.69) is 20.9 Å². The third kappa shape index (κ3) is 5.07. The zero-order valence-electron chi connectivity index (χ0n) is 16.3. The van der Waals surface area contributed by atoms with Gasteiger partial charge >= 0.3 is 0 Å². The Bertz CT molecular complexity index is 834. The Morgan fingerprint density at radius 3 is 2.57 bits per heavy atom. The second kappa shape index (κ2) is 9.14. The smallest absolute Gasteiger partial charge is 0.251 e. The molecule has 0 fully saturated rings. The number of nitrogens with zero attached hydrogens (tertiary/aromatic N) is 1. The number of fused-ring (bicyclic) bond motifs is 4. The maximum absolute atomic E-state index is 12.7. The second-order valence-corrected chi connectivity index (χ2v) is 8.25. The Hall–Kier alpha value is -2.48. The Balaban J connectivity index is 1.93. The number of benzene rings is 1. The van der Waals surface area contributed by atoms with E-state index in [-0.39, 0.29) is 17.2 Å². The molecule has 2 aliphatic heterocycles. The minimum absolute atomic E-state index is 0.0362. The Morgan fingerprint density at radius 1 is 1.07 bits per heavy atom. The van der Waals surface area contributed by atoms with Gasteiger partial charge in [-0.1, -0.05) is 6.07 Å². The molecule has 1 aromatic rings. The van der Waals surface area contributed by atoms with Crippen LogP contribution in [0.4, 0.5) is 0 Å². The van der Waals surface area contributed by atoms with E-state index in [1.165, 1.54) is 0 Å². The number of nitrogens with one attached hydrogen (secondary N) is 3. The van der Waals surface area contributed by atoms with Crippen LogP contribution in [0.2, 0.25) is 0 Å². The number of thioether (sulfide) groups is 1. The molecule has 2 amide bonds. The molecule has 150 valence electrons. The summed E-state index contributed by atoms with van der Waals surface area (Å²) in [6.45, 7) is 5.16. The number of carbonyl (C=O) groups excluding carboxylic acids is 2. The number of rotatable bonds is 0. The lowest BCUT2D eigenvalue weighted by Crippen LogP contribution is -2.35. The van der Waals surface area contributed by atoms with Crippen molar-refractivity contribution in [2.24, 2.45) is 10.7 Å². The molecule has 4 bridgehead atoms. The van der Waals surface area contributed by atoms with Crippen molar-refractivity contribution in [3.05, 3.63) is 40.5 Å². The first-order valence-corrected chi connectivity index (χ1v) is 10.6. The summed E-state index contributed by atoms with van der Waals surface area (Å²) in [5, 5.41) is 8.85. The molecule has 0 radical (unpaired) electrons. The number of hydrogen-bond donors (Lipinski definition) is 4. The van der Waals surface area contributed by atoms with Gasteiger partial charge in [0.1, 0.15) is 5.37 Å². The molecule has 1 unspecified atom stereocenters. The number of hydrogen-bond acceptors (Lipinski definition) is 6. The van der Waals surface area contributed by atoms with Crippen molar-refractivity contribution >= 4 is 35.2 Å². The zero-order valence-corrected chi connectivity index (χ0v) is 17.1. The summed E-state index contributed by atoms with van der Waals surface area (Å²) in [5.41, 5.74) is 10.4. The molecule has 2 aliphatic rings. The lowest BCUT2D eigenvalue weighted by Gasteiger charge is -2.22. The molecule has 5 N–H and O–H groups in total. The average molecular weight is 402 g/mol. The van der Waals surface area contributed by atoms with Gasteiger partial charge in [-0.3, -0.25) is 9.59 Å². The standard InChI is InChI=1S/C20H27N5O2S/c1-12-9-13(2)15-10-14(12)16-11-18(25-20(21)24-16)28-8-5-17(26)22-6-3-4-7-23-19(15)27/h9-11,18H,3-8H2,1-2H3,(H,22,26)(H,23,27)(H3,21,24,25). The van der Waals surface area contributed by atoms with Gasteiger partial charge in [-0.15, -0.1) is 11.8 Å². The van der Waals surface area contributed by atoms with Gasteiger partial charge in [0.2, 0.25) is 5.91 Å².